The molecule has 140 valence electrons. The van der Waals surface area contributed by atoms with Crippen molar-refractivity contribution in [1.82, 2.24) is 14.9 Å². The smallest absolute Gasteiger partial charge is 0.136 e. The van der Waals surface area contributed by atoms with Crippen LogP contribution in [-0.4, -0.2) is 55.1 Å². The molecule has 2 heterocycles. The number of piperidine rings is 1. The highest BCUT2D eigenvalue weighted by molar-refractivity contribution is 5.62. The van der Waals surface area contributed by atoms with E-state index < -0.39 is 0 Å². The molecule has 2 aromatic rings. The van der Waals surface area contributed by atoms with E-state index in [9.17, 15) is 0 Å². The minimum atomic E-state index is 0.757. The molecule has 26 heavy (non-hydrogen) atoms. The molecule has 0 radical (unpaired) electrons. The van der Waals surface area contributed by atoms with Gasteiger partial charge in [-0.2, -0.15) is 0 Å². The number of aryl methyl sites for hydroxylation is 1. The fourth-order valence-corrected chi connectivity index (χ4v) is 3.19. The van der Waals surface area contributed by atoms with Crippen LogP contribution in [0, 0.1) is 6.92 Å². The molecule has 0 aliphatic carbocycles. The Morgan fingerprint density at radius 1 is 1.00 bits per heavy atom. The van der Waals surface area contributed by atoms with Crippen LogP contribution in [0.2, 0.25) is 0 Å². The Bertz CT molecular complexity index is 692. The lowest BCUT2D eigenvalue weighted by Crippen LogP contribution is -2.29. The van der Waals surface area contributed by atoms with Crippen molar-refractivity contribution >= 4 is 23.0 Å². The summed E-state index contributed by atoms with van der Waals surface area (Å²) in [7, 11) is 4.13. The Balaban J connectivity index is 1.63. The topological polar surface area (TPSA) is 56.3 Å². The number of rotatable bonds is 7. The Kier molecular flexibility index (Phi) is 6.28. The van der Waals surface area contributed by atoms with Crippen molar-refractivity contribution in [1.29, 1.82) is 0 Å². The first-order valence-corrected chi connectivity index (χ1v) is 9.46. The van der Waals surface area contributed by atoms with Crippen molar-refractivity contribution in [2.45, 2.75) is 26.2 Å². The second-order valence-corrected chi connectivity index (χ2v) is 7.14. The standard InChI is InChI=1S/C20H30N6/c1-16-22-19(21-11-14-25(2)3)15-20(23-16)24-17-7-9-18(10-8-17)26-12-5-4-6-13-26/h7-10,15H,4-6,11-14H2,1-3H3,(H2,21,22,23,24). The highest BCUT2D eigenvalue weighted by atomic mass is 15.1. The van der Waals surface area contributed by atoms with Gasteiger partial charge in [0.05, 0.1) is 0 Å². The van der Waals surface area contributed by atoms with Gasteiger partial charge in [0, 0.05) is 43.6 Å². The molecule has 0 bridgehead atoms. The molecule has 2 N–H and O–H groups in total. The minimum absolute atomic E-state index is 0.757. The molecule has 1 aromatic heterocycles. The van der Waals surface area contributed by atoms with Gasteiger partial charge in [0.25, 0.3) is 0 Å². The average Bonchev–Trinajstić information content (AvgIpc) is 2.62. The van der Waals surface area contributed by atoms with Gasteiger partial charge in [0.1, 0.15) is 17.5 Å². The van der Waals surface area contributed by atoms with Crippen molar-refractivity contribution < 1.29 is 0 Å². The maximum atomic E-state index is 4.50. The number of anilines is 4. The SMILES string of the molecule is Cc1nc(NCCN(C)C)cc(Nc2ccc(N3CCCCC3)cc2)n1. The fraction of sp³-hybridized carbons (Fsp3) is 0.500. The van der Waals surface area contributed by atoms with Crippen LogP contribution in [0.25, 0.3) is 0 Å². The van der Waals surface area contributed by atoms with Gasteiger partial charge in [-0.15, -0.1) is 0 Å². The summed E-state index contributed by atoms with van der Waals surface area (Å²) in [6, 6.07) is 10.6. The first-order chi connectivity index (χ1) is 12.6. The Morgan fingerprint density at radius 3 is 2.38 bits per heavy atom. The maximum absolute atomic E-state index is 4.50. The second kappa shape index (κ2) is 8.85. The lowest BCUT2D eigenvalue weighted by atomic mass is 10.1. The number of nitrogens with zero attached hydrogens (tertiary/aromatic N) is 4. The number of nitrogens with one attached hydrogen (secondary N) is 2. The van der Waals surface area contributed by atoms with Crippen molar-refractivity contribution in [2.24, 2.45) is 0 Å². The van der Waals surface area contributed by atoms with Crippen LogP contribution >= 0.6 is 0 Å². The number of aromatic nitrogens is 2. The van der Waals surface area contributed by atoms with Crippen molar-refractivity contribution in [3.05, 3.63) is 36.2 Å². The zero-order valence-electron chi connectivity index (χ0n) is 16.1. The number of likely N-dealkylation sites (N-methyl/N-ethyl adjacent to an activating group) is 1. The second-order valence-electron chi connectivity index (χ2n) is 7.14. The van der Waals surface area contributed by atoms with Gasteiger partial charge in [-0.25, -0.2) is 9.97 Å². The van der Waals surface area contributed by atoms with Crippen LogP contribution in [0.3, 0.4) is 0 Å². The van der Waals surface area contributed by atoms with Gasteiger partial charge in [-0.05, 0) is 64.5 Å². The zero-order chi connectivity index (χ0) is 18.4. The van der Waals surface area contributed by atoms with E-state index in [1.54, 1.807) is 0 Å². The number of benzene rings is 1. The third-order valence-electron chi connectivity index (χ3n) is 4.56. The number of hydrogen-bond donors (Lipinski definition) is 2. The van der Waals surface area contributed by atoms with Crippen LogP contribution in [0.15, 0.2) is 30.3 Å². The highest BCUT2D eigenvalue weighted by Gasteiger charge is 2.10. The first-order valence-electron chi connectivity index (χ1n) is 9.46. The summed E-state index contributed by atoms with van der Waals surface area (Å²) in [5.41, 5.74) is 2.35. The van der Waals surface area contributed by atoms with Crippen LogP contribution < -0.4 is 15.5 Å². The quantitative estimate of drug-likeness (QED) is 0.794. The van der Waals surface area contributed by atoms with Crippen LogP contribution in [-0.2, 0) is 0 Å². The van der Waals surface area contributed by atoms with E-state index in [0.717, 1.165) is 36.2 Å². The van der Waals surface area contributed by atoms with Gasteiger partial charge in [-0.3, -0.25) is 0 Å². The normalized spacial score (nSPS) is 14.5. The summed E-state index contributed by atoms with van der Waals surface area (Å²) >= 11 is 0. The van der Waals surface area contributed by atoms with Gasteiger partial charge in [0.15, 0.2) is 0 Å². The molecule has 1 saturated heterocycles. The molecule has 6 nitrogen and oxygen atoms in total. The summed E-state index contributed by atoms with van der Waals surface area (Å²) < 4.78 is 0. The zero-order valence-corrected chi connectivity index (χ0v) is 16.1. The third kappa shape index (κ3) is 5.33. The molecular weight excluding hydrogens is 324 g/mol. The van der Waals surface area contributed by atoms with E-state index in [0.29, 0.717) is 0 Å². The summed E-state index contributed by atoms with van der Waals surface area (Å²) in [6.45, 7) is 6.07. The summed E-state index contributed by atoms with van der Waals surface area (Å²) in [5, 5.41) is 6.75. The molecule has 1 aliphatic heterocycles. The largest absolute Gasteiger partial charge is 0.372 e. The lowest BCUT2D eigenvalue weighted by Gasteiger charge is -2.28. The predicted octanol–water partition coefficient (Wildman–Crippen LogP) is 3.49. The van der Waals surface area contributed by atoms with Gasteiger partial charge in [-0.1, -0.05) is 0 Å². The highest BCUT2D eigenvalue weighted by Crippen LogP contribution is 2.23. The molecule has 0 saturated carbocycles. The van der Waals surface area contributed by atoms with Crippen molar-refractivity contribution in [3.8, 4) is 0 Å². The van der Waals surface area contributed by atoms with E-state index >= 15 is 0 Å². The Hall–Kier alpha value is -2.34. The van der Waals surface area contributed by atoms with Gasteiger partial charge >= 0.3 is 0 Å². The maximum Gasteiger partial charge on any atom is 0.136 e. The average molecular weight is 355 g/mol. The lowest BCUT2D eigenvalue weighted by molar-refractivity contribution is 0.425. The predicted molar refractivity (Wildman–Crippen MR) is 110 cm³/mol. The van der Waals surface area contributed by atoms with E-state index in [1.807, 2.05) is 13.0 Å². The monoisotopic (exact) mass is 354 g/mol. The van der Waals surface area contributed by atoms with Gasteiger partial charge in [0.2, 0.25) is 0 Å². The molecule has 0 atom stereocenters. The first kappa shape index (κ1) is 18.5. The minimum Gasteiger partial charge on any atom is -0.372 e. The van der Waals surface area contributed by atoms with Crippen LogP contribution in [0.4, 0.5) is 23.0 Å². The molecule has 0 amide bonds. The molecule has 3 rings (SSSR count). The number of hydrogen-bond acceptors (Lipinski definition) is 6. The molecule has 1 fully saturated rings. The molecule has 0 spiro atoms. The molecule has 0 unspecified atom stereocenters. The fourth-order valence-electron chi connectivity index (χ4n) is 3.19. The Labute approximate surface area is 156 Å². The summed E-state index contributed by atoms with van der Waals surface area (Å²) in [4.78, 5) is 13.6. The summed E-state index contributed by atoms with van der Waals surface area (Å²) in [6.07, 6.45) is 3.95. The van der Waals surface area contributed by atoms with Gasteiger partial charge < -0.3 is 20.4 Å². The van der Waals surface area contributed by atoms with E-state index in [-0.39, 0.29) is 0 Å². The summed E-state index contributed by atoms with van der Waals surface area (Å²) in [5.74, 6) is 2.43. The van der Waals surface area contributed by atoms with E-state index in [2.05, 4.69) is 68.8 Å². The molecular formula is C20H30N6. The molecule has 1 aliphatic rings. The molecule has 1 aromatic carbocycles. The van der Waals surface area contributed by atoms with E-state index in [4.69, 9.17) is 0 Å². The van der Waals surface area contributed by atoms with Crippen LogP contribution in [0.5, 0.6) is 0 Å². The van der Waals surface area contributed by atoms with Crippen molar-refractivity contribution in [3.63, 3.8) is 0 Å². The third-order valence-corrected chi connectivity index (χ3v) is 4.56. The van der Waals surface area contributed by atoms with Crippen molar-refractivity contribution in [2.75, 3.05) is 55.8 Å². The van der Waals surface area contributed by atoms with Crippen LogP contribution in [0.1, 0.15) is 25.1 Å². The molecule has 6 heteroatoms. The Morgan fingerprint density at radius 2 is 1.69 bits per heavy atom. The van der Waals surface area contributed by atoms with E-state index in [1.165, 1.54) is 38.0 Å².